The van der Waals surface area contributed by atoms with Crippen molar-refractivity contribution >= 4 is 11.7 Å². The predicted molar refractivity (Wildman–Crippen MR) is 83.2 cm³/mol. The van der Waals surface area contributed by atoms with E-state index in [1.807, 2.05) is 0 Å². The molecule has 8 nitrogen and oxygen atoms in total. The minimum absolute atomic E-state index is 0.0328. The fraction of sp³-hybridized carbons (Fsp3) is 0.0625. The molecule has 0 bridgehead atoms. The Hall–Kier alpha value is -3.55. The highest BCUT2D eigenvalue weighted by atomic mass is 16.6. The summed E-state index contributed by atoms with van der Waals surface area (Å²) in [6, 6.07) is 12.4. The van der Waals surface area contributed by atoms with E-state index < -0.39 is 10.9 Å². The summed E-state index contributed by atoms with van der Waals surface area (Å²) in [6.07, 6.45) is 0. The molecule has 3 aromatic rings. The molecule has 24 heavy (non-hydrogen) atoms. The monoisotopic (exact) mass is 325 g/mol. The van der Waals surface area contributed by atoms with Crippen LogP contribution in [-0.2, 0) is 4.74 Å². The molecule has 0 unspecified atom stereocenters. The highest BCUT2D eigenvalue weighted by molar-refractivity contribution is 5.96. The fourth-order valence-electron chi connectivity index (χ4n) is 2.13. The maximum absolute atomic E-state index is 11.8. The number of hydrogen-bond acceptors (Lipinski definition) is 7. The van der Waals surface area contributed by atoms with Crippen molar-refractivity contribution in [3.8, 4) is 22.9 Å². The third-order valence-corrected chi connectivity index (χ3v) is 3.31. The van der Waals surface area contributed by atoms with Crippen LogP contribution in [0.3, 0.4) is 0 Å². The molecule has 1 heterocycles. The molecule has 0 radical (unpaired) electrons. The van der Waals surface area contributed by atoms with E-state index in [9.17, 15) is 14.9 Å². The van der Waals surface area contributed by atoms with Crippen molar-refractivity contribution in [3.63, 3.8) is 0 Å². The first-order valence-corrected chi connectivity index (χ1v) is 6.86. The number of hydrogen-bond donors (Lipinski definition) is 0. The number of nitrogens with zero attached hydrogens (tertiary/aromatic N) is 3. The van der Waals surface area contributed by atoms with Crippen LogP contribution in [-0.4, -0.2) is 28.2 Å². The van der Waals surface area contributed by atoms with Crippen LogP contribution in [0.25, 0.3) is 22.9 Å². The van der Waals surface area contributed by atoms with E-state index >= 15 is 0 Å². The second kappa shape index (κ2) is 6.29. The van der Waals surface area contributed by atoms with Crippen molar-refractivity contribution in [1.29, 1.82) is 0 Å². The summed E-state index contributed by atoms with van der Waals surface area (Å²) in [6.45, 7) is 0. The number of carbonyl (C=O) groups is 1. The zero-order chi connectivity index (χ0) is 17.1. The van der Waals surface area contributed by atoms with E-state index in [0.29, 0.717) is 16.7 Å². The molecule has 8 heteroatoms. The molecule has 0 aliphatic carbocycles. The number of ether oxygens (including phenoxy) is 1. The van der Waals surface area contributed by atoms with Gasteiger partial charge in [-0.25, -0.2) is 4.79 Å². The van der Waals surface area contributed by atoms with Gasteiger partial charge in [0.05, 0.1) is 23.2 Å². The van der Waals surface area contributed by atoms with Crippen LogP contribution in [0.4, 0.5) is 5.69 Å². The van der Waals surface area contributed by atoms with Gasteiger partial charge in [-0.05, 0) is 24.3 Å². The molecule has 0 atom stereocenters. The first-order valence-electron chi connectivity index (χ1n) is 6.86. The Labute approximate surface area is 135 Å². The lowest BCUT2D eigenvalue weighted by atomic mass is 10.1. The summed E-state index contributed by atoms with van der Waals surface area (Å²) in [5, 5.41) is 18.5. The second-order valence-corrected chi connectivity index (χ2v) is 4.75. The standard InChI is InChI=1S/C16H11N3O5/c1-23-16(20)13-5-3-2-4-12(13)15-18-17-14(24-15)10-6-8-11(9-7-10)19(21)22/h2-9H,1H3. The summed E-state index contributed by atoms with van der Waals surface area (Å²) >= 11 is 0. The van der Waals surface area contributed by atoms with Gasteiger partial charge >= 0.3 is 5.97 Å². The second-order valence-electron chi connectivity index (χ2n) is 4.75. The Morgan fingerprint density at radius 1 is 1.08 bits per heavy atom. The maximum atomic E-state index is 11.8. The van der Waals surface area contributed by atoms with E-state index in [4.69, 9.17) is 9.15 Å². The van der Waals surface area contributed by atoms with Crippen molar-refractivity contribution in [1.82, 2.24) is 10.2 Å². The molecule has 120 valence electrons. The van der Waals surface area contributed by atoms with Gasteiger partial charge in [0.15, 0.2) is 0 Å². The van der Waals surface area contributed by atoms with Crippen LogP contribution in [0.15, 0.2) is 52.9 Å². The predicted octanol–water partition coefficient (Wildman–Crippen LogP) is 3.10. The third-order valence-electron chi connectivity index (χ3n) is 3.31. The van der Waals surface area contributed by atoms with Crippen molar-refractivity contribution in [2.75, 3.05) is 7.11 Å². The Morgan fingerprint density at radius 3 is 2.42 bits per heavy atom. The smallest absolute Gasteiger partial charge is 0.338 e. The summed E-state index contributed by atoms with van der Waals surface area (Å²) in [4.78, 5) is 22.0. The molecule has 1 aromatic heterocycles. The number of non-ortho nitro benzene ring substituents is 1. The lowest BCUT2D eigenvalue weighted by molar-refractivity contribution is -0.384. The largest absolute Gasteiger partial charge is 0.465 e. The van der Waals surface area contributed by atoms with Crippen LogP contribution < -0.4 is 0 Å². The van der Waals surface area contributed by atoms with Gasteiger partial charge in [-0.2, -0.15) is 0 Å². The Balaban J connectivity index is 1.97. The number of aromatic nitrogens is 2. The first-order chi connectivity index (χ1) is 11.6. The zero-order valence-corrected chi connectivity index (χ0v) is 12.5. The van der Waals surface area contributed by atoms with Crippen LogP contribution in [0, 0.1) is 10.1 Å². The molecule has 0 amide bonds. The molecular weight excluding hydrogens is 314 g/mol. The van der Waals surface area contributed by atoms with E-state index in [1.54, 1.807) is 24.3 Å². The average molecular weight is 325 g/mol. The van der Waals surface area contributed by atoms with Gasteiger partial charge in [0.1, 0.15) is 0 Å². The topological polar surface area (TPSA) is 108 Å². The van der Waals surface area contributed by atoms with E-state index in [0.717, 1.165) is 0 Å². The average Bonchev–Trinajstić information content (AvgIpc) is 3.11. The molecule has 0 aliphatic heterocycles. The van der Waals surface area contributed by atoms with Gasteiger partial charge in [-0.15, -0.1) is 10.2 Å². The maximum Gasteiger partial charge on any atom is 0.338 e. The number of esters is 1. The Bertz CT molecular complexity index is 902. The number of nitro benzene ring substituents is 1. The molecule has 0 fully saturated rings. The van der Waals surface area contributed by atoms with Crippen LogP contribution in [0.5, 0.6) is 0 Å². The Morgan fingerprint density at radius 2 is 1.75 bits per heavy atom. The zero-order valence-electron chi connectivity index (χ0n) is 12.5. The van der Waals surface area contributed by atoms with Crippen molar-refractivity contribution in [2.45, 2.75) is 0 Å². The highest BCUT2D eigenvalue weighted by Crippen LogP contribution is 2.27. The first kappa shape index (κ1) is 15.3. The number of rotatable bonds is 4. The fourth-order valence-corrected chi connectivity index (χ4v) is 2.13. The third kappa shape index (κ3) is 2.84. The molecule has 0 spiro atoms. The lowest BCUT2D eigenvalue weighted by Crippen LogP contribution is -2.03. The summed E-state index contributed by atoms with van der Waals surface area (Å²) in [5.41, 5.74) is 1.26. The highest BCUT2D eigenvalue weighted by Gasteiger charge is 2.18. The molecule has 3 rings (SSSR count). The normalized spacial score (nSPS) is 10.4. The molecule has 0 N–H and O–H groups in total. The summed E-state index contributed by atoms with van der Waals surface area (Å²) < 4.78 is 10.3. The minimum Gasteiger partial charge on any atom is -0.465 e. The molecule has 2 aromatic carbocycles. The molecule has 0 aliphatic rings. The molecule has 0 saturated heterocycles. The van der Waals surface area contributed by atoms with E-state index in [2.05, 4.69) is 10.2 Å². The quantitative estimate of drug-likeness (QED) is 0.412. The van der Waals surface area contributed by atoms with Gasteiger partial charge in [0.25, 0.3) is 5.69 Å². The van der Waals surface area contributed by atoms with Crippen LogP contribution >= 0.6 is 0 Å². The summed E-state index contributed by atoms with van der Waals surface area (Å²) in [5.74, 6) is -0.162. The van der Waals surface area contributed by atoms with Crippen molar-refractivity contribution in [3.05, 3.63) is 64.2 Å². The van der Waals surface area contributed by atoms with Crippen LogP contribution in [0.1, 0.15) is 10.4 Å². The van der Waals surface area contributed by atoms with Crippen molar-refractivity contribution < 1.29 is 18.9 Å². The molecule has 0 saturated carbocycles. The van der Waals surface area contributed by atoms with Gasteiger partial charge in [0.2, 0.25) is 11.8 Å². The number of nitro groups is 1. The minimum atomic E-state index is -0.513. The summed E-state index contributed by atoms with van der Waals surface area (Å²) in [7, 11) is 1.29. The van der Waals surface area contributed by atoms with Gasteiger partial charge in [-0.1, -0.05) is 12.1 Å². The van der Waals surface area contributed by atoms with E-state index in [1.165, 1.54) is 31.4 Å². The van der Waals surface area contributed by atoms with Crippen LogP contribution in [0.2, 0.25) is 0 Å². The SMILES string of the molecule is COC(=O)c1ccccc1-c1nnc(-c2ccc([N+](=O)[O-])cc2)o1. The molecular formula is C16H11N3O5. The number of methoxy groups -OCH3 is 1. The van der Waals surface area contributed by atoms with Crippen molar-refractivity contribution in [2.24, 2.45) is 0 Å². The van der Waals surface area contributed by atoms with Gasteiger partial charge in [0, 0.05) is 17.7 Å². The van der Waals surface area contributed by atoms with E-state index in [-0.39, 0.29) is 17.5 Å². The van der Waals surface area contributed by atoms with Gasteiger partial charge in [-0.3, -0.25) is 10.1 Å². The number of carbonyl (C=O) groups excluding carboxylic acids is 1. The van der Waals surface area contributed by atoms with Gasteiger partial charge < -0.3 is 9.15 Å². The lowest BCUT2D eigenvalue weighted by Gasteiger charge is -2.03. The Kier molecular flexibility index (Phi) is 4.02. The number of benzene rings is 2.